The lowest BCUT2D eigenvalue weighted by atomic mass is 9.89. The lowest BCUT2D eigenvalue weighted by molar-refractivity contribution is -0.385. The van der Waals surface area contributed by atoms with Crippen molar-refractivity contribution in [3.63, 3.8) is 0 Å². The number of nitro groups is 2. The molecule has 0 radical (unpaired) electrons. The van der Waals surface area contributed by atoms with E-state index in [9.17, 15) is 20.2 Å². The highest BCUT2D eigenvalue weighted by molar-refractivity contribution is 5.84. The number of benzene rings is 2. The standard InChI is InChI=1S/C21H20N6O4/c1-25-11-15(8-13-4-2-6-16(9-13)26(28)29)20-18(12-25)19(23-21(22)24-20)14-5-3-7-17(10-14)27(30)31/h2-10,19H,11-12H2,1H3,(H3,22,23,24)/b15-8-. The van der Waals surface area contributed by atoms with Gasteiger partial charge in [-0.1, -0.05) is 24.3 Å². The Morgan fingerprint density at radius 2 is 1.77 bits per heavy atom. The molecule has 2 aliphatic heterocycles. The molecule has 2 heterocycles. The summed E-state index contributed by atoms with van der Waals surface area (Å²) in [7, 11) is 1.96. The van der Waals surface area contributed by atoms with Crippen molar-refractivity contribution in [2.75, 3.05) is 20.1 Å². The third-order valence-electron chi connectivity index (χ3n) is 5.19. The van der Waals surface area contributed by atoms with Crippen molar-refractivity contribution in [2.24, 2.45) is 10.7 Å². The number of nitro benzene ring substituents is 2. The highest BCUT2D eigenvalue weighted by Gasteiger charge is 2.31. The van der Waals surface area contributed by atoms with Crippen LogP contribution in [-0.4, -0.2) is 40.8 Å². The number of nitrogens with two attached hydrogens (primary N) is 1. The first-order valence-corrected chi connectivity index (χ1v) is 9.53. The summed E-state index contributed by atoms with van der Waals surface area (Å²) in [6, 6.07) is 12.3. The number of aliphatic imine (C=N–C) groups is 1. The molecule has 1 unspecified atom stereocenters. The molecule has 2 aliphatic rings. The van der Waals surface area contributed by atoms with Crippen LogP contribution in [0.25, 0.3) is 6.08 Å². The van der Waals surface area contributed by atoms with Crippen molar-refractivity contribution in [1.29, 1.82) is 0 Å². The van der Waals surface area contributed by atoms with Crippen molar-refractivity contribution in [3.05, 3.63) is 96.7 Å². The number of rotatable bonds is 4. The van der Waals surface area contributed by atoms with E-state index in [0.29, 0.717) is 24.2 Å². The minimum Gasteiger partial charge on any atom is -0.370 e. The van der Waals surface area contributed by atoms with Gasteiger partial charge in [-0.05, 0) is 35.4 Å². The Morgan fingerprint density at radius 3 is 2.48 bits per heavy atom. The van der Waals surface area contributed by atoms with Crippen LogP contribution >= 0.6 is 0 Å². The Balaban J connectivity index is 1.80. The summed E-state index contributed by atoms with van der Waals surface area (Å²) in [5.41, 5.74) is 10.1. The fourth-order valence-corrected chi connectivity index (χ4v) is 3.89. The van der Waals surface area contributed by atoms with Crippen LogP contribution in [0.15, 0.2) is 70.4 Å². The van der Waals surface area contributed by atoms with E-state index in [1.807, 2.05) is 13.1 Å². The van der Waals surface area contributed by atoms with Crippen LogP contribution in [0.4, 0.5) is 11.4 Å². The third-order valence-corrected chi connectivity index (χ3v) is 5.19. The lowest BCUT2D eigenvalue weighted by Gasteiger charge is -2.36. The third kappa shape index (κ3) is 4.14. The minimum absolute atomic E-state index is 0.0107. The SMILES string of the molecule is CN1CC2=C(NC(N)=NC2c2cccc([N+](=O)[O-])c2)/C(=C\c2cccc([N+](=O)[O-])c2)C1. The van der Waals surface area contributed by atoms with Gasteiger partial charge in [-0.25, -0.2) is 4.99 Å². The molecule has 0 saturated heterocycles. The molecule has 2 aromatic carbocycles. The molecule has 0 amide bonds. The molecule has 0 aliphatic carbocycles. The Bertz CT molecular complexity index is 1170. The summed E-state index contributed by atoms with van der Waals surface area (Å²) in [6.45, 7) is 1.20. The summed E-state index contributed by atoms with van der Waals surface area (Å²) in [5.74, 6) is 0.213. The fourth-order valence-electron chi connectivity index (χ4n) is 3.89. The van der Waals surface area contributed by atoms with E-state index in [1.165, 1.54) is 24.3 Å². The van der Waals surface area contributed by atoms with Crippen molar-refractivity contribution in [2.45, 2.75) is 6.04 Å². The van der Waals surface area contributed by atoms with Gasteiger partial charge in [0.1, 0.15) is 6.04 Å². The lowest BCUT2D eigenvalue weighted by Crippen LogP contribution is -2.43. The largest absolute Gasteiger partial charge is 0.370 e. The van der Waals surface area contributed by atoms with Crippen molar-refractivity contribution in [3.8, 4) is 0 Å². The number of nitrogens with one attached hydrogen (secondary N) is 1. The Labute approximate surface area is 177 Å². The average Bonchev–Trinajstić information content (AvgIpc) is 2.74. The molecule has 0 fully saturated rings. The summed E-state index contributed by atoms with van der Waals surface area (Å²) in [5, 5.41) is 25.5. The van der Waals surface area contributed by atoms with Gasteiger partial charge in [-0.3, -0.25) is 25.1 Å². The summed E-state index contributed by atoms with van der Waals surface area (Å²) in [4.78, 5) is 28.1. The number of hydrogen-bond donors (Lipinski definition) is 2. The number of hydrogen-bond acceptors (Lipinski definition) is 8. The second-order valence-electron chi connectivity index (χ2n) is 7.49. The van der Waals surface area contributed by atoms with E-state index in [2.05, 4.69) is 15.2 Å². The highest BCUT2D eigenvalue weighted by atomic mass is 16.6. The molecule has 4 rings (SSSR count). The molecule has 0 spiro atoms. The Kier molecular flexibility index (Phi) is 5.22. The van der Waals surface area contributed by atoms with Gasteiger partial charge < -0.3 is 11.1 Å². The molecule has 158 valence electrons. The minimum atomic E-state index is -0.465. The maximum absolute atomic E-state index is 11.2. The molecule has 10 heteroatoms. The van der Waals surface area contributed by atoms with Crippen LogP contribution in [0.1, 0.15) is 17.2 Å². The molecule has 1 atom stereocenters. The highest BCUT2D eigenvalue weighted by Crippen LogP contribution is 2.37. The predicted octanol–water partition coefficient (Wildman–Crippen LogP) is 2.75. The van der Waals surface area contributed by atoms with E-state index in [-0.39, 0.29) is 17.3 Å². The van der Waals surface area contributed by atoms with Crippen molar-refractivity contribution in [1.82, 2.24) is 10.2 Å². The van der Waals surface area contributed by atoms with Crippen molar-refractivity contribution < 1.29 is 9.85 Å². The van der Waals surface area contributed by atoms with Crippen LogP contribution in [0.5, 0.6) is 0 Å². The number of non-ortho nitro benzene ring substituents is 2. The molecule has 0 saturated carbocycles. The van der Waals surface area contributed by atoms with Gasteiger partial charge in [-0.15, -0.1) is 0 Å². The predicted molar refractivity (Wildman–Crippen MR) is 116 cm³/mol. The van der Waals surface area contributed by atoms with Gasteiger partial charge in [-0.2, -0.15) is 0 Å². The van der Waals surface area contributed by atoms with Gasteiger partial charge in [0.05, 0.1) is 9.85 Å². The normalized spacial score (nSPS) is 20.1. The average molecular weight is 420 g/mol. The zero-order chi connectivity index (χ0) is 22.1. The van der Waals surface area contributed by atoms with Crippen LogP contribution < -0.4 is 11.1 Å². The number of nitrogens with zero attached hydrogens (tertiary/aromatic N) is 4. The second-order valence-corrected chi connectivity index (χ2v) is 7.49. The quantitative estimate of drug-likeness (QED) is 0.572. The maximum Gasteiger partial charge on any atom is 0.270 e. The van der Waals surface area contributed by atoms with Crippen LogP contribution in [-0.2, 0) is 0 Å². The van der Waals surface area contributed by atoms with E-state index in [0.717, 1.165) is 16.8 Å². The molecular weight excluding hydrogens is 400 g/mol. The summed E-state index contributed by atoms with van der Waals surface area (Å²) < 4.78 is 0. The summed E-state index contributed by atoms with van der Waals surface area (Å²) in [6.07, 6.45) is 1.88. The van der Waals surface area contributed by atoms with Crippen LogP contribution in [0.3, 0.4) is 0 Å². The molecule has 0 bridgehead atoms. The van der Waals surface area contributed by atoms with Gasteiger partial charge in [0, 0.05) is 43.1 Å². The van der Waals surface area contributed by atoms with Gasteiger partial charge >= 0.3 is 0 Å². The molecule has 2 aromatic rings. The Morgan fingerprint density at radius 1 is 1.10 bits per heavy atom. The molecule has 0 aromatic heterocycles. The number of guanidine groups is 1. The topological polar surface area (TPSA) is 140 Å². The van der Waals surface area contributed by atoms with Crippen LogP contribution in [0, 0.1) is 20.2 Å². The van der Waals surface area contributed by atoms with Gasteiger partial charge in [0.2, 0.25) is 0 Å². The zero-order valence-corrected chi connectivity index (χ0v) is 16.7. The fraction of sp³-hybridized carbons (Fsp3) is 0.190. The first-order valence-electron chi connectivity index (χ1n) is 9.53. The van der Waals surface area contributed by atoms with E-state index in [4.69, 9.17) is 5.73 Å². The first-order chi connectivity index (χ1) is 14.8. The van der Waals surface area contributed by atoms with E-state index in [1.54, 1.807) is 24.3 Å². The Hall–Kier alpha value is -4.05. The smallest absolute Gasteiger partial charge is 0.270 e. The second kappa shape index (κ2) is 8.00. The monoisotopic (exact) mass is 420 g/mol. The molecular formula is C21H20N6O4. The molecule has 31 heavy (non-hydrogen) atoms. The molecule has 10 nitrogen and oxygen atoms in total. The van der Waals surface area contributed by atoms with Crippen LogP contribution in [0.2, 0.25) is 0 Å². The molecule has 3 N–H and O–H groups in total. The first kappa shape index (κ1) is 20.2. The van der Waals surface area contributed by atoms with Gasteiger partial charge in [0.15, 0.2) is 5.96 Å². The zero-order valence-electron chi connectivity index (χ0n) is 16.7. The van der Waals surface area contributed by atoms with E-state index >= 15 is 0 Å². The summed E-state index contributed by atoms with van der Waals surface area (Å²) >= 11 is 0. The number of likely N-dealkylation sites (N-methyl/N-ethyl adjacent to an activating group) is 1. The van der Waals surface area contributed by atoms with Gasteiger partial charge in [0.25, 0.3) is 11.4 Å². The van der Waals surface area contributed by atoms with E-state index < -0.39 is 15.9 Å². The van der Waals surface area contributed by atoms with Crippen molar-refractivity contribution >= 4 is 23.4 Å². The maximum atomic E-state index is 11.2.